The van der Waals surface area contributed by atoms with Gasteiger partial charge in [-0.1, -0.05) is 11.2 Å². The number of ether oxygens (including phenoxy) is 1. The average molecular weight is 555 g/mol. The van der Waals surface area contributed by atoms with E-state index in [1.54, 1.807) is 40.8 Å². The molecule has 1 aromatic carbocycles. The van der Waals surface area contributed by atoms with E-state index in [0.29, 0.717) is 37.1 Å². The maximum Gasteiger partial charge on any atom is 0.416 e. The Morgan fingerprint density at radius 2 is 1.90 bits per heavy atom. The minimum atomic E-state index is -4.49. The van der Waals surface area contributed by atoms with Crippen molar-refractivity contribution in [2.24, 2.45) is 4.99 Å². The first-order valence-corrected chi connectivity index (χ1v) is 9.61. The molecule has 2 N–H and O–H groups in total. The summed E-state index contributed by atoms with van der Waals surface area (Å²) in [6, 6.07) is 3.99. The van der Waals surface area contributed by atoms with Crippen molar-refractivity contribution in [2.45, 2.75) is 58.9 Å². The zero-order valence-electron chi connectivity index (χ0n) is 18.3. The molecule has 0 spiro atoms. The lowest BCUT2D eigenvalue weighted by Crippen LogP contribution is -2.37. The van der Waals surface area contributed by atoms with Crippen molar-refractivity contribution in [1.29, 1.82) is 0 Å². The molecule has 11 heteroatoms. The molecule has 0 atom stereocenters. The quantitative estimate of drug-likeness (QED) is 0.227. The molecule has 0 saturated heterocycles. The summed E-state index contributed by atoms with van der Waals surface area (Å²) in [7, 11) is 1.56. The van der Waals surface area contributed by atoms with Gasteiger partial charge in [-0.05, 0) is 51.8 Å². The predicted molar refractivity (Wildman–Crippen MR) is 123 cm³/mol. The van der Waals surface area contributed by atoms with E-state index in [1.807, 2.05) is 0 Å². The van der Waals surface area contributed by atoms with E-state index in [2.05, 4.69) is 25.8 Å². The number of guanidine groups is 1. The second kappa shape index (κ2) is 11.5. The Morgan fingerprint density at radius 1 is 1.19 bits per heavy atom. The lowest BCUT2D eigenvalue weighted by atomic mass is 10.1. The summed E-state index contributed by atoms with van der Waals surface area (Å²) in [5.74, 6) is 1.71. The molecule has 7 nitrogen and oxygen atoms in total. The van der Waals surface area contributed by atoms with Crippen molar-refractivity contribution in [1.82, 2.24) is 20.8 Å². The van der Waals surface area contributed by atoms with E-state index in [1.165, 1.54) is 6.07 Å². The molecule has 0 aliphatic rings. The number of nitrogens with zero attached hydrogens (tertiary/aromatic N) is 3. The fourth-order valence-electron chi connectivity index (χ4n) is 2.68. The molecule has 2 aromatic rings. The summed E-state index contributed by atoms with van der Waals surface area (Å²) in [5.41, 5.74) is -1.22. The SMILES string of the molecule is CN=C(NCCCc1nc(C)no1)NCc1ccc(OC(C)(C)C)cc1C(F)(F)F.I. The van der Waals surface area contributed by atoms with Crippen LogP contribution in [0.3, 0.4) is 0 Å². The van der Waals surface area contributed by atoms with Gasteiger partial charge < -0.3 is 19.9 Å². The van der Waals surface area contributed by atoms with Gasteiger partial charge in [0.05, 0.1) is 5.56 Å². The van der Waals surface area contributed by atoms with Gasteiger partial charge in [0.25, 0.3) is 0 Å². The van der Waals surface area contributed by atoms with Crippen LogP contribution < -0.4 is 15.4 Å². The highest BCUT2D eigenvalue weighted by atomic mass is 127. The molecular weight excluding hydrogens is 526 g/mol. The van der Waals surface area contributed by atoms with Gasteiger partial charge in [0.15, 0.2) is 11.8 Å². The van der Waals surface area contributed by atoms with E-state index in [-0.39, 0.29) is 41.8 Å². The average Bonchev–Trinajstić information content (AvgIpc) is 3.05. The lowest BCUT2D eigenvalue weighted by molar-refractivity contribution is -0.138. The van der Waals surface area contributed by atoms with Crippen molar-refractivity contribution >= 4 is 29.9 Å². The third-order valence-electron chi connectivity index (χ3n) is 3.91. The minimum absolute atomic E-state index is 0. The number of aryl methyl sites for hydroxylation is 2. The molecule has 0 fully saturated rings. The van der Waals surface area contributed by atoms with Gasteiger partial charge in [-0.2, -0.15) is 18.2 Å². The molecule has 31 heavy (non-hydrogen) atoms. The topological polar surface area (TPSA) is 84.6 Å². The summed E-state index contributed by atoms with van der Waals surface area (Å²) in [4.78, 5) is 8.16. The summed E-state index contributed by atoms with van der Waals surface area (Å²) in [5, 5.41) is 9.70. The van der Waals surface area contributed by atoms with Crippen molar-refractivity contribution < 1.29 is 22.4 Å². The van der Waals surface area contributed by atoms with Gasteiger partial charge in [0.1, 0.15) is 11.4 Å². The molecular formula is C20H29F3IN5O2. The molecule has 0 aliphatic carbocycles. The van der Waals surface area contributed by atoms with E-state index >= 15 is 0 Å². The number of nitrogens with one attached hydrogen (secondary N) is 2. The monoisotopic (exact) mass is 555 g/mol. The standard InChI is InChI=1S/C20H28F3N5O2.HI/c1-13-27-17(30-28-13)7-6-10-25-18(24-5)26-12-14-8-9-15(29-19(2,3)4)11-16(14)20(21,22)23;/h8-9,11H,6-7,10,12H2,1-5H3,(H2,24,25,26);1H. The highest BCUT2D eigenvalue weighted by Crippen LogP contribution is 2.35. The van der Waals surface area contributed by atoms with Crippen LogP contribution in [0.4, 0.5) is 13.2 Å². The fourth-order valence-corrected chi connectivity index (χ4v) is 2.68. The fraction of sp³-hybridized carbons (Fsp3) is 0.550. The smallest absolute Gasteiger partial charge is 0.416 e. The second-order valence-electron chi connectivity index (χ2n) is 7.72. The molecule has 0 radical (unpaired) electrons. The number of hydrogen-bond acceptors (Lipinski definition) is 5. The van der Waals surface area contributed by atoms with Gasteiger partial charge in [0, 0.05) is 26.6 Å². The Hall–Kier alpha value is -2.05. The summed E-state index contributed by atoms with van der Waals surface area (Å²) in [6.07, 6.45) is -3.19. The van der Waals surface area contributed by atoms with Gasteiger partial charge in [0.2, 0.25) is 5.89 Å². The van der Waals surface area contributed by atoms with Gasteiger partial charge >= 0.3 is 6.18 Å². The molecule has 0 aliphatic heterocycles. The van der Waals surface area contributed by atoms with Crippen molar-refractivity contribution in [3.8, 4) is 5.75 Å². The second-order valence-corrected chi connectivity index (χ2v) is 7.72. The number of aliphatic imine (C=N–C) groups is 1. The third-order valence-corrected chi connectivity index (χ3v) is 3.91. The number of aromatic nitrogens is 2. The van der Waals surface area contributed by atoms with Crippen LogP contribution in [0.25, 0.3) is 0 Å². The van der Waals surface area contributed by atoms with Crippen LogP contribution in [0.1, 0.15) is 50.0 Å². The van der Waals surface area contributed by atoms with Crippen molar-refractivity contribution in [3.63, 3.8) is 0 Å². The van der Waals surface area contributed by atoms with Gasteiger partial charge in [-0.3, -0.25) is 4.99 Å². The van der Waals surface area contributed by atoms with Crippen LogP contribution in [-0.4, -0.2) is 35.3 Å². The van der Waals surface area contributed by atoms with Crippen LogP contribution in [0, 0.1) is 6.92 Å². The summed E-state index contributed by atoms with van der Waals surface area (Å²) in [6.45, 7) is 7.60. The zero-order chi connectivity index (χ0) is 22.4. The highest BCUT2D eigenvalue weighted by molar-refractivity contribution is 14.0. The Balaban J connectivity index is 0.00000480. The van der Waals surface area contributed by atoms with Crippen LogP contribution in [0.5, 0.6) is 5.75 Å². The molecule has 0 saturated carbocycles. The number of alkyl halides is 3. The molecule has 0 amide bonds. The maximum atomic E-state index is 13.5. The van der Waals surface area contributed by atoms with Crippen molar-refractivity contribution in [2.75, 3.05) is 13.6 Å². The van der Waals surface area contributed by atoms with Crippen LogP contribution in [0.15, 0.2) is 27.7 Å². The summed E-state index contributed by atoms with van der Waals surface area (Å²) >= 11 is 0. The van der Waals surface area contributed by atoms with Crippen LogP contribution in [0.2, 0.25) is 0 Å². The zero-order valence-corrected chi connectivity index (χ0v) is 20.6. The molecule has 0 bridgehead atoms. The van der Waals surface area contributed by atoms with E-state index in [4.69, 9.17) is 9.26 Å². The molecule has 0 unspecified atom stereocenters. The number of hydrogen-bond donors (Lipinski definition) is 2. The Morgan fingerprint density at radius 3 is 2.45 bits per heavy atom. The first kappa shape index (κ1) is 27.0. The lowest BCUT2D eigenvalue weighted by Gasteiger charge is -2.23. The molecule has 2 rings (SSSR count). The van der Waals surface area contributed by atoms with Crippen LogP contribution >= 0.6 is 24.0 Å². The molecule has 174 valence electrons. The number of rotatable bonds is 7. The third kappa shape index (κ3) is 9.32. The normalized spacial score (nSPS) is 12.3. The van der Waals surface area contributed by atoms with E-state index in [0.717, 1.165) is 6.07 Å². The summed E-state index contributed by atoms with van der Waals surface area (Å²) < 4.78 is 51.2. The van der Waals surface area contributed by atoms with Crippen LogP contribution in [-0.2, 0) is 19.1 Å². The minimum Gasteiger partial charge on any atom is -0.488 e. The van der Waals surface area contributed by atoms with E-state index < -0.39 is 17.3 Å². The Labute approximate surface area is 197 Å². The Kier molecular flexibility index (Phi) is 10.0. The molecule has 1 heterocycles. The number of halogens is 4. The van der Waals surface area contributed by atoms with E-state index in [9.17, 15) is 13.2 Å². The molecule has 1 aromatic heterocycles. The number of benzene rings is 1. The predicted octanol–water partition coefficient (Wildman–Crippen LogP) is 4.49. The van der Waals surface area contributed by atoms with Gasteiger partial charge in [-0.25, -0.2) is 0 Å². The first-order chi connectivity index (χ1) is 14.0. The maximum absolute atomic E-state index is 13.5. The van der Waals surface area contributed by atoms with Crippen molar-refractivity contribution in [3.05, 3.63) is 41.0 Å². The Bertz CT molecular complexity index is 863. The largest absolute Gasteiger partial charge is 0.488 e. The first-order valence-electron chi connectivity index (χ1n) is 9.61. The highest BCUT2D eigenvalue weighted by Gasteiger charge is 2.34. The van der Waals surface area contributed by atoms with Gasteiger partial charge in [-0.15, -0.1) is 24.0 Å².